The minimum Gasteiger partial charge on any atom is -0.481 e. The molecule has 1 rings (SSSR count). The first-order chi connectivity index (χ1) is 6.24. The molecule has 0 aliphatic carbocycles. The average Bonchev–Trinajstić information content (AvgIpc) is 2.15. The van der Waals surface area contributed by atoms with Gasteiger partial charge in [-0.15, -0.1) is 0 Å². The SMILES string of the molecule is CN[C@H](CC(=O)O)c1ccccc1. The molecule has 1 atom stereocenters. The fraction of sp³-hybridized carbons (Fsp3) is 0.300. The van der Waals surface area contributed by atoms with Gasteiger partial charge < -0.3 is 10.4 Å². The minimum atomic E-state index is -0.789. The molecule has 2 N–H and O–H groups in total. The summed E-state index contributed by atoms with van der Waals surface area (Å²) < 4.78 is 0. The van der Waals surface area contributed by atoms with Gasteiger partial charge in [-0.3, -0.25) is 4.79 Å². The number of nitrogens with one attached hydrogen (secondary N) is 1. The average molecular weight is 179 g/mol. The van der Waals surface area contributed by atoms with Crippen LogP contribution in [0.4, 0.5) is 0 Å². The van der Waals surface area contributed by atoms with Gasteiger partial charge in [0, 0.05) is 6.04 Å². The largest absolute Gasteiger partial charge is 0.481 e. The molecule has 0 amide bonds. The van der Waals surface area contributed by atoms with Crippen LogP contribution in [-0.4, -0.2) is 18.1 Å². The van der Waals surface area contributed by atoms with Crippen molar-refractivity contribution in [2.24, 2.45) is 0 Å². The maximum absolute atomic E-state index is 10.5. The van der Waals surface area contributed by atoms with Crippen LogP contribution >= 0.6 is 0 Å². The molecule has 0 radical (unpaired) electrons. The molecule has 0 aliphatic heterocycles. The summed E-state index contributed by atoms with van der Waals surface area (Å²) in [7, 11) is 1.76. The van der Waals surface area contributed by atoms with Gasteiger partial charge in [0.05, 0.1) is 6.42 Å². The van der Waals surface area contributed by atoms with Gasteiger partial charge in [0.2, 0.25) is 0 Å². The number of rotatable bonds is 4. The fourth-order valence-corrected chi connectivity index (χ4v) is 1.25. The molecule has 70 valence electrons. The van der Waals surface area contributed by atoms with E-state index in [9.17, 15) is 4.79 Å². The van der Waals surface area contributed by atoms with E-state index in [2.05, 4.69) is 5.32 Å². The van der Waals surface area contributed by atoms with Gasteiger partial charge in [-0.1, -0.05) is 30.3 Å². The Morgan fingerprint density at radius 3 is 2.54 bits per heavy atom. The second-order valence-corrected chi connectivity index (χ2v) is 2.85. The number of aliphatic carboxylic acids is 1. The van der Waals surface area contributed by atoms with Crippen LogP contribution in [0, 0.1) is 0 Å². The molecule has 0 saturated heterocycles. The molecule has 0 saturated carbocycles. The molecule has 0 heterocycles. The third kappa shape index (κ3) is 2.87. The molecule has 0 bridgehead atoms. The van der Waals surface area contributed by atoms with Gasteiger partial charge in [-0.05, 0) is 12.6 Å². The van der Waals surface area contributed by atoms with Crippen molar-refractivity contribution in [3.8, 4) is 0 Å². The Bertz CT molecular complexity index is 272. The van der Waals surface area contributed by atoms with E-state index in [4.69, 9.17) is 5.11 Å². The van der Waals surface area contributed by atoms with Gasteiger partial charge >= 0.3 is 5.97 Å². The molecule has 0 unspecified atom stereocenters. The maximum atomic E-state index is 10.5. The summed E-state index contributed by atoms with van der Waals surface area (Å²) in [6.07, 6.45) is 0.112. The lowest BCUT2D eigenvalue weighted by Gasteiger charge is -2.13. The highest BCUT2D eigenvalue weighted by Crippen LogP contribution is 2.15. The molecular formula is C10H13NO2. The van der Waals surface area contributed by atoms with Crippen molar-refractivity contribution in [2.45, 2.75) is 12.5 Å². The van der Waals surface area contributed by atoms with Crippen LogP contribution in [0.1, 0.15) is 18.0 Å². The van der Waals surface area contributed by atoms with E-state index in [1.807, 2.05) is 30.3 Å². The molecule has 3 nitrogen and oxygen atoms in total. The summed E-state index contributed by atoms with van der Waals surface area (Å²) in [4.78, 5) is 10.5. The molecular weight excluding hydrogens is 166 g/mol. The molecule has 1 aromatic rings. The highest BCUT2D eigenvalue weighted by Gasteiger charge is 2.11. The van der Waals surface area contributed by atoms with Crippen molar-refractivity contribution in [2.75, 3.05) is 7.05 Å². The maximum Gasteiger partial charge on any atom is 0.305 e. The van der Waals surface area contributed by atoms with Crippen LogP contribution in [0.5, 0.6) is 0 Å². The van der Waals surface area contributed by atoms with Gasteiger partial charge in [0.15, 0.2) is 0 Å². The zero-order valence-electron chi connectivity index (χ0n) is 7.53. The predicted molar refractivity (Wildman–Crippen MR) is 50.5 cm³/mol. The van der Waals surface area contributed by atoms with E-state index in [0.717, 1.165) is 5.56 Å². The number of benzene rings is 1. The summed E-state index contributed by atoms with van der Waals surface area (Å²) in [6.45, 7) is 0. The molecule has 0 aromatic heterocycles. The lowest BCUT2D eigenvalue weighted by atomic mass is 10.0. The second-order valence-electron chi connectivity index (χ2n) is 2.85. The first-order valence-electron chi connectivity index (χ1n) is 4.18. The van der Waals surface area contributed by atoms with Crippen molar-refractivity contribution in [3.05, 3.63) is 35.9 Å². The summed E-state index contributed by atoms with van der Waals surface area (Å²) >= 11 is 0. The van der Waals surface area contributed by atoms with Gasteiger partial charge in [0.1, 0.15) is 0 Å². The zero-order chi connectivity index (χ0) is 9.68. The smallest absolute Gasteiger partial charge is 0.305 e. The Kier molecular flexibility index (Phi) is 3.46. The van der Waals surface area contributed by atoms with Crippen LogP contribution in [0.3, 0.4) is 0 Å². The number of hydrogen-bond donors (Lipinski definition) is 2. The van der Waals surface area contributed by atoms with E-state index in [1.54, 1.807) is 7.05 Å². The Hall–Kier alpha value is -1.35. The van der Waals surface area contributed by atoms with E-state index in [-0.39, 0.29) is 12.5 Å². The van der Waals surface area contributed by atoms with Crippen LogP contribution in [-0.2, 0) is 4.79 Å². The van der Waals surface area contributed by atoms with Gasteiger partial charge in [-0.25, -0.2) is 0 Å². The van der Waals surface area contributed by atoms with Crippen LogP contribution in [0.2, 0.25) is 0 Å². The van der Waals surface area contributed by atoms with Crippen LogP contribution < -0.4 is 5.32 Å². The normalized spacial score (nSPS) is 12.4. The van der Waals surface area contributed by atoms with Gasteiger partial charge in [-0.2, -0.15) is 0 Å². The fourth-order valence-electron chi connectivity index (χ4n) is 1.25. The highest BCUT2D eigenvalue weighted by atomic mass is 16.4. The lowest BCUT2D eigenvalue weighted by molar-refractivity contribution is -0.137. The minimum absolute atomic E-state index is 0.0984. The summed E-state index contributed by atoms with van der Waals surface area (Å²) in [5, 5.41) is 11.6. The number of carboxylic acid groups (broad SMARTS) is 1. The third-order valence-electron chi connectivity index (χ3n) is 1.93. The first kappa shape index (κ1) is 9.74. The number of carboxylic acids is 1. The van der Waals surface area contributed by atoms with E-state index in [1.165, 1.54) is 0 Å². The van der Waals surface area contributed by atoms with E-state index < -0.39 is 5.97 Å². The van der Waals surface area contributed by atoms with Crippen molar-refractivity contribution < 1.29 is 9.90 Å². The highest BCUT2D eigenvalue weighted by molar-refractivity contribution is 5.67. The van der Waals surface area contributed by atoms with Gasteiger partial charge in [0.25, 0.3) is 0 Å². The molecule has 0 aliphatic rings. The first-order valence-corrected chi connectivity index (χ1v) is 4.18. The Morgan fingerprint density at radius 2 is 2.08 bits per heavy atom. The molecule has 1 aromatic carbocycles. The van der Waals surface area contributed by atoms with Crippen molar-refractivity contribution in [3.63, 3.8) is 0 Å². The Balaban J connectivity index is 2.73. The quantitative estimate of drug-likeness (QED) is 0.735. The lowest BCUT2D eigenvalue weighted by Crippen LogP contribution is -2.19. The van der Waals surface area contributed by atoms with Crippen LogP contribution in [0.25, 0.3) is 0 Å². The molecule has 13 heavy (non-hydrogen) atoms. The summed E-state index contributed by atoms with van der Waals surface area (Å²) in [5.74, 6) is -0.789. The van der Waals surface area contributed by atoms with Crippen LogP contribution in [0.15, 0.2) is 30.3 Å². The monoisotopic (exact) mass is 179 g/mol. The standard InChI is InChI=1S/C10H13NO2/c1-11-9(7-10(12)13)8-5-3-2-4-6-8/h2-6,9,11H,7H2,1H3,(H,12,13)/t9-/m1/s1. The Morgan fingerprint density at radius 1 is 1.46 bits per heavy atom. The topological polar surface area (TPSA) is 49.3 Å². The summed E-state index contributed by atoms with van der Waals surface area (Å²) in [5.41, 5.74) is 1.01. The van der Waals surface area contributed by atoms with Crippen molar-refractivity contribution in [1.82, 2.24) is 5.32 Å². The zero-order valence-corrected chi connectivity index (χ0v) is 7.53. The van der Waals surface area contributed by atoms with Crippen molar-refractivity contribution in [1.29, 1.82) is 0 Å². The molecule has 0 fully saturated rings. The molecule has 0 spiro atoms. The predicted octanol–water partition coefficient (Wildman–Crippen LogP) is 1.42. The third-order valence-corrected chi connectivity index (χ3v) is 1.93. The number of hydrogen-bond acceptors (Lipinski definition) is 2. The molecule has 3 heteroatoms. The van der Waals surface area contributed by atoms with E-state index in [0.29, 0.717) is 0 Å². The second kappa shape index (κ2) is 4.62. The summed E-state index contributed by atoms with van der Waals surface area (Å²) in [6, 6.07) is 9.47. The number of carbonyl (C=O) groups is 1. The van der Waals surface area contributed by atoms with Crippen molar-refractivity contribution >= 4 is 5.97 Å². The van der Waals surface area contributed by atoms with E-state index >= 15 is 0 Å². The Labute approximate surface area is 77.4 Å².